The highest BCUT2D eigenvalue weighted by Gasteiger charge is 2.31. The molecule has 5 aromatic rings. The molecule has 0 aliphatic carbocycles. The second-order valence-electron chi connectivity index (χ2n) is 10.9. The first-order valence-corrected chi connectivity index (χ1v) is 18.9. The van der Waals surface area contributed by atoms with E-state index in [1.165, 1.54) is 15.5 Å². The standard InChI is InChI=1S/C21H16ClF3N2O2S2.C14H13ClN2S.ClH/c22-15-7-10-20-18(13-15)27(17-3-1-2-4-19(17)30-20)12-11-26-31(28,29)16-8-5-14(6-9-16)21(23,24)25;15-10-5-6-14-12(9-10)17(8-7-16)11-3-1-2-4-13(11)18-14;/h1-10,13,26H,11-12H2;1-6,9H,7-8,16H2;1H. The predicted molar refractivity (Wildman–Crippen MR) is 201 cm³/mol. The van der Waals surface area contributed by atoms with Crippen molar-refractivity contribution in [2.75, 3.05) is 36.0 Å². The van der Waals surface area contributed by atoms with Crippen LogP contribution in [0.3, 0.4) is 0 Å². The Hall–Kier alpha value is -3.07. The monoisotopic (exact) mass is 796 g/mol. The zero-order valence-corrected chi connectivity index (χ0v) is 30.8. The number of nitrogens with one attached hydrogen (secondary N) is 1. The third kappa shape index (κ3) is 8.51. The summed E-state index contributed by atoms with van der Waals surface area (Å²) in [5, 5.41) is 1.32. The molecule has 0 saturated carbocycles. The van der Waals surface area contributed by atoms with Crippen LogP contribution in [0, 0.1) is 0 Å². The Morgan fingerprint density at radius 2 is 1.12 bits per heavy atom. The van der Waals surface area contributed by atoms with Crippen molar-refractivity contribution in [1.29, 1.82) is 0 Å². The van der Waals surface area contributed by atoms with E-state index in [0.29, 0.717) is 18.1 Å². The maximum Gasteiger partial charge on any atom is 0.416 e. The van der Waals surface area contributed by atoms with E-state index in [1.54, 1.807) is 29.6 Å². The van der Waals surface area contributed by atoms with Gasteiger partial charge in [-0.1, -0.05) is 71.0 Å². The van der Waals surface area contributed by atoms with Gasteiger partial charge in [-0.2, -0.15) is 13.2 Å². The Kier molecular flexibility index (Phi) is 12.3. The molecule has 262 valence electrons. The van der Waals surface area contributed by atoms with Gasteiger partial charge in [0.25, 0.3) is 0 Å². The third-order valence-electron chi connectivity index (χ3n) is 7.65. The first-order valence-electron chi connectivity index (χ1n) is 15.0. The molecule has 0 atom stereocenters. The van der Waals surface area contributed by atoms with Gasteiger partial charge in [-0.15, -0.1) is 12.4 Å². The quantitative estimate of drug-likeness (QED) is 0.170. The topological polar surface area (TPSA) is 78.7 Å². The van der Waals surface area contributed by atoms with Gasteiger partial charge in [-0.05, 0) is 84.9 Å². The fourth-order valence-corrected chi connectivity index (χ4v) is 8.92. The molecule has 2 aliphatic heterocycles. The van der Waals surface area contributed by atoms with E-state index in [9.17, 15) is 21.6 Å². The lowest BCUT2D eigenvalue weighted by Gasteiger charge is -2.33. The highest BCUT2D eigenvalue weighted by molar-refractivity contribution is 8.00. The van der Waals surface area contributed by atoms with Crippen LogP contribution >= 0.6 is 59.1 Å². The summed E-state index contributed by atoms with van der Waals surface area (Å²) >= 11 is 15.7. The number of para-hydroxylation sites is 2. The van der Waals surface area contributed by atoms with E-state index in [0.717, 1.165) is 62.7 Å². The molecule has 6 nitrogen and oxygen atoms in total. The van der Waals surface area contributed by atoms with Crippen LogP contribution in [0.4, 0.5) is 35.9 Å². The van der Waals surface area contributed by atoms with Gasteiger partial charge in [-0.3, -0.25) is 0 Å². The fourth-order valence-electron chi connectivity index (χ4n) is 5.41. The Morgan fingerprint density at radius 3 is 1.60 bits per heavy atom. The molecule has 0 amide bonds. The van der Waals surface area contributed by atoms with E-state index in [4.69, 9.17) is 28.9 Å². The number of alkyl halides is 3. The number of halogens is 6. The third-order valence-corrected chi connectivity index (χ3v) is 11.9. The lowest BCUT2D eigenvalue weighted by molar-refractivity contribution is -0.137. The lowest BCUT2D eigenvalue weighted by atomic mass is 10.2. The number of hydrogen-bond acceptors (Lipinski definition) is 7. The van der Waals surface area contributed by atoms with Crippen LogP contribution in [0.2, 0.25) is 10.0 Å². The summed E-state index contributed by atoms with van der Waals surface area (Å²) in [5.74, 6) is 0. The van der Waals surface area contributed by atoms with Gasteiger partial charge in [0.1, 0.15) is 0 Å². The summed E-state index contributed by atoms with van der Waals surface area (Å²) in [7, 11) is -3.96. The second-order valence-corrected chi connectivity index (χ2v) is 15.7. The minimum absolute atomic E-state index is 0. The molecular formula is C35H30Cl3F3N4O2S3. The van der Waals surface area contributed by atoms with Crippen LogP contribution in [0.5, 0.6) is 0 Å². The molecule has 0 fully saturated rings. The van der Waals surface area contributed by atoms with Gasteiger partial charge >= 0.3 is 6.18 Å². The zero-order valence-electron chi connectivity index (χ0n) is 26.0. The van der Waals surface area contributed by atoms with Crippen molar-refractivity contribution in [2.45, 2.75) is 30.7 Å². The molecule has 0 spiro atoms. The van der Waals surface area contributed by atoms with E-state index in [-0.39, 0.29) is 23.8 Å². The number of fused-ring (bicyclic) bond motifs is 4. The molecular weight excluding hydrogens is 768 g/mol. The van der Waals surface area contributed by atoms with E-state index in [2.05, 4.69) is 40.0 Å². The molecule has 50 heavy (non-hydrogen) atoms. The van der Waals surface area contributed by atoms with Crippen molar-refractivity contribution in [1.82, 2.24) is 4.72 Å². The highest BCUT2D eigenvalue weighted by Crippen LogP contribution is 2.49. The van der Waals surface area contributed by atoms with Crippen molar-refractivity contribution in [3.63, 3.8) is 0 Å². The summed E-state index contributed by atoms with van der Waals surface area (Å²) < 4.78 is 65.7. The van der Waals surface area contributed by atoms with E-state index in [1.807, 2.05) is 53.4 Å². The van der Waals surface area contributed by atoms with E-state index < -0.39 is 21.8 Å². The molecule has 0 aromatic heterocycles. The van der Waals surface area contributed by atoms with Crippen molar-refractivity contribution in [3.8, 4) is 0 Å². The van der Waals surface area contributed by atoms with Crippen LogP contribution < -0.4 is 20.3 Å². The van der Waals surface area contributed by atoms with Crippen molar-refractivity contribution in [3.05, 3.63) is 125 Å². The average Bonchev–Trinajstić information content (AvgIpc) is 3.08. The first-order chi connectivity index (χ1) is 23.4. The SMILES string of the molecule is Cl.NCCN1c2ccccc2Sc2ccc(Cl)cc21.O=S(=O)(NCCN1c2ccccc2Sc2ccc(Cl)cc21)c1ccc(C(F)(F)F)cc1. The van der Waals surface area contributed by atoms with E-state index >= 15 is 0 Å². The number of sulfonamides is 1. The summed E-state index contributed by atoms with van der Waals surface area (Å²) in [5.41, 5.74) is 8.98. The molecule has 7 rings (SSSR count). The average molecular weight is 798 g/mol. The van der Waals surface area contributed by atoms with Crippen molar-refractivity contribution < 1.29 is 21.6 Å². The second kappa shape index (κ2) is 16.1. The highest BCUT2D eigenvalue weighted by atomic mass is 35.5. The number of hydrogen-bond donors (Lipinski definition) is 2. The number of rotatable bonds is 7. The summed E-state index contributed by atoms with van der Waals surface area (Å²) in [6, 6.07) is 31.1. The minimum Gasteiger partial charge on any atom is -0.338 e. The summed E-state index contributed by atoms with van der Waals surface area (Å²) in [4.78, 5) is 8.51. The molecule has 2 aliphatic rings. The van der Waals surface area contributed by atoms with Crippen LogP contribution in [-0.2, 0) is 16.2 Å². The number of benzene rings is 5. The lowest BCUT2D eigenvalue weighted by Crippen LogP contribution is -2.33. The van der Waals surface area contributed by atoms with Crippen LogP contribution in [0.15, 0.2) is 134 Å². The Labute approximate surface area is 313 Å². The van der Waals surface area contributed by atoms with Gasteiger partial charge in [0, 0.05) is 55.8 Å². The number of nitrogens with two attached hydrogens (primary N) is 1. The van der Waals surface area contributed by atoms with Crippen LogP contribution in [0.1, 0.15) is 5.56 Å². The molecule has 15 heteroatoms. The maximum atomic E-state index is 12.7. The minimum atomic E-state index is -4.52. The van der Waals surface area contributed by atoms with Gasteiger partial charge < -0.3 is 15.5 Å². The first kappa shape index (κ1) is 38.2. The fraction of sp³-hybridized carbons (Fsp3) is 0.143. The van der Waals surface area contributed by atoms with Gasteiger partial charge in [0.2, 0.25) is 10.0 Å². The van der Waals surface area contributed by atoms with Gasteiger partial charge in [0.15, 0.2) is 0 Å². The van der Waals surface area contributed by atoms with Crippen LogP contribution in [0.25, 0.3) is 0 Å². The molecule has 5 aromatic carbocycles. The predicted octanol–water partition coefficient (Wildman–Crippen LogP) is 10.3. The molecule has 0 radical (unpaired) electrons. The molecule has 2 heterocycles. The summed E-state index contributed by atoms with van der Waals surface area (Å²) in [6.45, 7) is 1.77. The van der Waals surface area contributed by atoms with Gasteiger partial charge in [-0.25, -0.2) is 13.1 Å². The molecule has 3 N–H and O–H groups in total. The smallest absolute Gasteiger partial charge is 0.338 e. The normalized spacial score (nSPS) is 13.2. The molecule has 0 unspecified atom stereocenters. The van der Waals surface area contributed by atoms with Crippen molar-refractivity contribution in [2.24, 2.45) is 5.73 Å². The summed E-state index contributed by atoms with van der Waals surface area (Å²) in [6.07, 6.45) is -4.52. The molecule has 0 saturated heterocycles. The Bertz CT molecular complexity index is 2090. The Balaban J connectivity index is 0.000000217. The largest absolute Gasteiger partial charge is 0.416 e. The van der Waals surface area contributed by atoms with Crippen LogP contribution in [-0.4, -0.2) is 34.6 Å². The van der Waals surface area contributed by atoms with Crippen molar-refractivity contribution >= 4 is 91.9 Å². The maximum absolute atomic E-state index is 12.7. The van der Waals surface area contributed by atoms with Gasteiger partial charge in [0.05, 0.1) is 33.2 Å². The zero-order chi connectivity index (χ0) is 34.8. The number of nitrogens with zero attached hydrogens (tertiary/aromatic N) is 2. The Morgan fingerprint density at radius 1 is 0.660 bits per heavy atom. The molecule has 0 bridgehead atoms. The number of anilines is 4.